The molecule has 2 nitrogen and oxygen atoms in total. The second kappa shape index (κ2) is 7.32. The molecule has 0 fully saturated rings. The summed E-state index contributed by atoms with van der Waals surface area (Å²) in [5.41, 5.74) is 1.21. The molecule has 3 heteroatoms. The Labute approximate surface area is 125 Å². The van der Waals surface area contributed by atoms with Crippen LogP contribution in [0.1, 0.15) is 31.9 Å². The van der Waals surface area contributed by atoms with Crippen molar-refractivity contribution in [1.29, 1.82) is 0 Å². The molecule has 106 valence electrons. The molecule has 0 aliphatic rings. The van der Waals surface area contributed by atoms with Gasteiger partial charge in [0.1, 0.15) is 11.5 Å². The Balaban J connectivity index is 2.12. The topological polar surface area (TPSA) is 21.3 Å². The van der Waals surface area contributed by atoms with Crippen LogP contribution in [0.2, 0.25) is 5.02 Å². The zero-order chi connectivity index (χ0) is 14.4. The lowest BCUT2D eigenvalue weighted by molar-refractivity contribution is 0.480. The first kappa shape index (κ1) is 14.9. The van der Waals surface area contributed by atoms with E-state index in [-0.39, 0.29) is 0 Å². The minimum atomic E-state index is 0.310. The third-order valence-corrected chi connectivity index (χ3v) is 3.44. The molecule has 1 atom stereocenters. The van der Waals surface area contributed by atoms with Crippen LogP contribution >= 0.6 is 11.6 Å². The van der Waals surface area contributed by atoms with Crippen LogP contribution in [0, 0.1) is 0 Å². The van der Waals surface area contributed by atoms with Crippen LogP contribution in [0.5, 0.6) is 11.5 Å². The van der Waals surface area contributed by atoms with Gasteiger partial charge in [0, 0.05) is 6.04 Å². The Morgan fingerprint density at radius 2 is 1.95 bits per heavy atom. The molecule has 0 spiro atoms. The molecule has 0 saturated heterocycles. The third-order valence-electron chi connectivity index (χ3n) is 3.12. The molecule has 2 aromatic carbocycles. The number of halogens is 1. The largest absolute Gasteiger partial charge is 0.456 e. The molecule has 1 N–H and O–H groups in total. The minimum Gasteiger partial charge on any atom is -0.456 e. The van der Waals surface area contributed by atoms with Gasteiger partial charge < -0.3 is 10.1 Å². The summed E-state index contributed by atoms with van der Waals surface area (Å²) in [7, 11) is 0. The summed E-state index contributed by atoms with van der Waals surface area (Å²) in [6.45, 7) is 5.33. The van der Waals surface area contributed by atoms with E-state index < -0.39 is 0 Å². The number of hydrogen-bond acceptors (Lipinski definition) is 2. The number of para-hydroxylation sites is 1. The van der Waals surface area contributed by atoms with Gasteiger partial charge in [-0.15, -0.1) is 0 Å². The Kier molecular flexibility index (Phi) is 5.45. The highest BCUT2D eigenvalue weighted by molar-refractivity contribution is 6.32. The summed E-state index contributed by atoms with van der Waals surface area (Å²) in [5, 5.41) is 4.09. The van der Waals surface area contributed by atoms with Gasteiger partial charge in [-0.25, -0.2) is 0 Å². The molecule has 2 aromatic rings. The van der Waals surface area contributed by atoms with Crippen LogP contribution in [0.15, 0.2) is 48.5 Å². The van der Waals surface area contributed by atoms with E-state index in [4.69, 9.17) is 16.3 Å². The summed E-state index contributed by atoms with van der Waals surface area (Å²) >= 11 is 6.11. The van der Waals surface area contributed by atoms with Gasteiger partial charge in [0.2, 0.25) is 0 Å². The van der Waals surface area contributed by atoms with Gasteiger partial charge in [0.25, 0.3) is 0 Å². The van der Waals surface area contributed by atoms with Crippen LogP contribution < -0.4 is 10.1 Å². The molecule has 0 heterocycles. The van der Waals surface area contributed by atoms with E-state index >= 15 is 0 Å². The standard InChI is InChI=1S/C17H20ClNO/c1-3-11-19-13(2)14-7-6-8-15(12-14)20-17-10-5-4-9-16(17)18/h4-10,12-13,19H,3,11H2,1-2H3. The van der Waals surface area contributed by atoms with Crippen molar-refractivity contribution in [3.63, 3.8) is 0 Å². The lowest BCUT2D eigenvalue weighted by Gasteiger charge is -2.15. The van der Waals surface area contributed by atoms with Gasteiger partial charge >= 0.3 is 0 Å². The summed E-state index contributed by atoms with van der Waals surface area (Å²) in [6.07, 6.45) is 1.13. The molecule has 1 unspecified atom stereocenters. The number of nitrogens with one attached hydrogen (secondary N) is 1. The van der Waals surface area contributed by atoms with Gasteiger partial charge in [-0.05, 0) is 49.7 Å². The van der Waals surface area contributed by atoms with Crippen molar-refractivity contribution >= 4 is 11.6 Å². The van der Waals surface area contributed by atoms with Crippen molar-refractivity contribution in [3.8, 4) is 11.5 Å². The summed E-state index contributed by atoms with van der Waals surface area (Å²) in [6, 6.07) is 15.9. The molecule has 0 aliphatic carbocycles. The first-order valence-electron chi connectivity index (χ1n) is 6.96. The normalized spacial score (nSPS) is 12.2. The predicted molar refractivity (Wildman–Crippen MR) is 84.7 cm³/mol. The van der Waals surface area contributed by atoms with Gasteiger partial charge in [0.15, 0.2) is 0 Å². The van der Waals surface area contributed by atoms with E-state index in [2.05, 4.69) is 31.3 Å². The van der Waals surface area contributed by atoms with Gasteiger partial charge in [-0.1, -0.05) is 42.8 Å². The average Bonchev–Trinajstić information content (AvgIpc) is 2.47. The molecule has 0 bridgehead atoms. The lowest BCUT2D eigenvalue weighted by Crippen LogP contribution is -2.19. The van der Waals surface area contributed by atoms with E-state index in [0.717, 1.165) is 18.7 Å². The van der Waals surface area contributed by atoms with Crippen molar-refractivity contribution in [1.82, 2.24) is 5.32 Å². The van der Waals surface area contributed by atoms with Gasteiger partial charge in [-0.2, -0.15) is 0 Å². The van der Waals surface area contributed by atoms with Crippen molar-refractivity contribution < 1.29 is 4.74 Å². The van der Waals surface area contributed by atoms with Crippen molar-refractivity contribution in [2.45, 2.75) is 26.3 Å². The van der Waals surface area contributed by atoms with E-state index in [1.54, 1.807) is 0 Å². The summed E-state index contributed by atoms with van der Waals surface area (Å²) < 4.78 is 5.84. The smallest absolute Gasteiger partial charge is 0.146 e. The monoisotopic (exact) mass is 289 g/mol. The molecular weight excluding hydrogens is 270 g/mol. The molecule has 0 saturated carbocycles. The molecule has 0 aliphatic heterocycles. The Morgan fingerprint density at radius 1 is 1.15 bits per heavy atom. The second-order valence-corrected chi connectivity index (χ2v) is 5.19. The van der Waals surface area contributed by atoms with Crippen LogP contribution in [0.4, 0.5) is 0 Å². The Hall–Kier alpha value is -1.51. The fourth-order valence-electron chi connectivity index (χ4n) is 1.98. The van der Waals surface area contributed by atoms with Crippen molar-refractivity contribution in [3.05, 3.63) is 59.1 Å². The fraction of sp³-hybridized carbons (Fsp3) is 0.294. The quantitative estimate of drug-likeness (QED) is 0.790. The maximum absolute atomic E-state index is 6.11. The van der Waals surface area contributed by atoms with E-state index in [1.807, 2.05) is 36.4 Å². The third kappa shape index (κ3) is 3.99. The Bertz CT molecular complexity index is 556. The van der Waals surface area contributed by atoms with Crippen molar-refractivity contribution in [2.24, 2.45) is 0 Å². The highest BCUT2D eigenvalue weighted by atomic mass is 35.5. The second-order valence-electron chi connectivity index (χ2n) is 4.78. The number of rotatable bonds is 6. The zero-order valence-electron chi connectivity index (χ0n) is 11.9. The van der Waals surface area contributed by atoms with E-state index in [1.165, 1.54) is 5.56 Å². The van der Waals surface area contributed by atoms with Gasteiger partial charge in [0.05, 0.1) is 5.02 Å². The molecule has 20 heavy (non-hydrogen) atoms. The molecule has 0 aromatic heterocycles. The number of ether oxygens (including phenoxy) is 1. The highest BCUT2D eigenvalue weighted by Crippen LogP contribution is 2.30. The zero-order valence-corrected chi connectivity index (χ0v) is 12.7. The first-order chi connectivity index (χ1) is 9.70. The SMILES string of the molecule is CCCNC(C)c1cccc(Oc2ccccc2Cl)c1. The van der Waals surface area contributed by atoms with E-state index in [0.29, 0.717) is 16.8 Å². The maximum Gasteiger partial charge on any atom is 0.146 e. The number of hydrogen-bond donors (Lipinski definition) is 1. The lowest BCUT2D eigenvalue weighted by atomic mass is 10.1. The molecule has 0 radical (unpaired) electrons. The van der Waals surface area contributed by atoms with Crippen LogP contribution in [-0.2, 0) is 0 Å². The predicted octanol–water partition coefficient (Wildman–Crippen LogP) is 5.19. The Morgan fingerprint density at radius 3 is 2.70 bits per heavy atom. The molecular formula is C17H20ClNO. The summed E-state index contributed by atoms with van der Waals surface area (Å²) in [5.74, 6) is 1.49. The van der Waals surface area contributed by atoms with Crippen LogP contribution in [0.25, 0.3) is 0 Å². The highest BCUT2D eigenvalue weighted by Gasteiger charge is 2.07. The average molecular weight is 290 g/mol. The van der Waals surface area contributed by atoms with Crippen LogP contribution in [-0.4, -0.2) is 6.54 Å². The maximum atomic E-state index is 6.11. The summed E-state index contributed by atoms with van der Waals surface area (Å²) in [4.78, 5) is 0. The minimum absolute atomic E-state index is 0.310. The van der Waals surface area contributed by atoms with Crippen molar-refractivity contribution in [2.75, 3.05) is 6.54 Å². The molecule has 0 amide bonds. The number of benzene rings is 2. The molecule has 2 rings (SSSR count). The van der Waals surface area contributed by atoms with Gasteiger partial charge in [-0.3, -0.25) is 0 Å². The fourth-order valence-corrected chi connectivity index (χ4v) is 2.15. The first-order valence-corrected chi connectivity index (χ1v) is 7.34. The van der Waals surface area contributed by atoms with Crippen LogP contribution in [0.3, 0.4) is 0 Å². The van der Waals surface area contributed by atoms with E-state index in [9.17, 15) is 0 Å².